The Morgan fingerprint density at radius 1 is 1.11 bits per heavy atom. The van der Waals surface area contributed by atoms with Gasteiger partial charge in [-0.15, -0.1) is 0 Å². The van der Waals surface area contributed by atoms with E-state index in [1.807, 2.05) is 19.1 Å². The van der Waals surface area contributed by atoms with Gasteiger partial charge < -0.3 is 0 Å². The van der Waals surface area contributed by atoms with Crippen LogP contribution in [-0.2, 0) is 6.42 Å². The highest BCUT2D eigenvalue weighted by atomic mass is 16.1. The van der Waals surface area contributed by atoms with Crippen molar-refractivity contribution in [2.45, 2.75) is 59.5 Å². The second-order valence-corrected chi connectivity index (χ2v) is 5.18. The molecule has 0 N–H and O–H groups in total. The fourth-order valence-corrected chi connectivity index (χ4v) is 2.50. The van der Waals surface area contributed by atoms with Gasteiger partial charge in [0.2, 0.25) is 0 Å². The van der Waals surface area contributed by atoms with Crippen molar-refractivity contribution in [1.29, 1.82) is 0 Å². The average molecular weight is 261 g/mol. The molecular weight excluding hydrogens is 234 g/mol. The summed E-state index contributed by atoms with van der Waals surface area (Å²) in [6.45, 7) is 11.5. The summed E-state index contributed by atoms with van der Waals surface area (Å²) in [5, 5.41) is 0. The molecule has 106 valence electrons. The van der Waals surface area contributed by atoms with Crippen molar-refractivity contribution < 1.29 is 4.79 Å². The molecule has 1 rings (SSSR count). The number of aryl methyl sites for hydroxylation is 1. The van der Waals surface area contributed by atoms with Crippen molar-refractivity contribution in [3.8, 4) is 0 Å². The van der Waals surface area contributed by atoms with E-state index in [2.05, 4.69) is 44.7 Å². The van der Waals surface area contributed by atoms with Crippen LogP contribution in [0.4, 0.5) is 0 Å². The topological polar surface area (TPSA) is 20.3 Å². The van der Waals surface area contributed by atoms with Crippen LogP contribution in [0.25, 0.3) is 0 Å². The second-order valence-electron chi connectivity index (χ2n) is 5.18. The third-order valence-corrected chi connectivity index (χ3v) is 4.05. The van der Waals surface area contributed by atoms with Crippen LogP contribution in [0.1, 0.15) is 57.0 Å². The van der Waals surface area contributed by atoms with E-state index in [1.54, 1.807) is 0 Å². The summed E-state index contributed by atoms with van der Waals surface area (Å²) >= 11 is 0. The molecule has 0 amide bonds. The van der Waals surface area contributed by atoms with Crippen LogP contribution in [0, 0.1) is 0 Å². The largest absolute Gasteiger partial charge is 0.292 e. The number of rotatable bonds is 7. The summed E-state index contributed by atoms with van der Waals surface area (Å²) in [4.78, 5) is 14.8. The molecule has 0 spiro atoms. The highest BCUT2D eigenvalue weighted by molar-refractivity contribution is 5.99. The number of benzene rings is 1. The maximum atomic E-state index is 12.5. The van der Waals surface area contributed by atoms with Crippen LogP contribution in [-0.4, -0.2) is 29.3 Å². The standard InChI is InChI=1S/C17H27NO/c1-6-13(4)18(8-3)14(5)17(19)16-11-9-15(7-2)10-12-16/h9-14H,6-8H2,1-5H3. The maximum absolute atomic E-state index is 12.5. The SMILES string of the molecule is CCc1ccc(C(=O)C(C)N(CC)C(C)CC)cc1. The highest BCUT2D eigenvalue weighted by Crippen LogP contribution is 2.14. The van der Waals surface area contributed by atoms with Crippen molar-refractivity contribution >= 4 is 5.78 Å². The molecule has 0 saturated carbocycles. The monoisotopic (exact) mass is 261 g/mol. The summed E-state index contributed by atoms with van der Waals surface area (Å²) in [5.41, 5.74) is 2.10. The molecule has 0 aliphatic carbocycles. The number of carbonyl (C=O) groups excluding carboxylic acids is 1. The lowest BCUT2D eigenvalue weighted by molar-refractivity contribution is 0.0782. The van der Waals surface area contributed by atoms with E-state index < -0.39 is 0 Å². The number of likely N-dealkylation sites (N-methyl/N-ethyl adjacent to an activating group) is 1. The van der Waals surface area contributed by atoms with E-state index >= 15 is 0 Å². The van der Waals surface area contributed by atoms with Gasteiger partial charge in [0.1, 0.15) is 0 Å². The lowest BCUT2D eigenvalue weighted by Crippen LogP contribution is -2.44. The molecule has 0 aliphatic rings. The molecule has 1 aromatic carbocycles. The molecular formula is C17H27NO. The zero-order valence-corrected chi connectivity index (χ0v) is 12.9. The number of Topliss-reactive ketones (excluding diaryl/α,β-unsaturated/α-hetero) is 1. The molecule has 2 heteroatoms. The van der Waals surface area contributed by atoms with Gasteiger partial charge in [-0.1, -0.05) is 45.0 Å². The van der Waals surface area contributed by atoms with Crippen molar-refractivity contribution in [2.75, 3.05) is 6.54 Å². The summed E-state index contributed by atoms with van der Waals surface area (Å²) in [7, 11) is 0. The van der Waals surface area contributed by atoms with E-state index in [0.717, 1.165) is 24.9 Å². The van der Waals surface area contributed by atoms with Crippen molar-refractivity contribution in [3.63, 3.8) is 0 Å². The molecule has 0 aliphatic heterocycles. The predicted octanol–water partition coefficient (Wildman–Crippen LogP) is 3.94. The molecule has 0 saturated heterocycles. The average Bonchev–Trinajstić information content (AvgIpc) is 2.46. The molecule has 0 fully saturated rings. The van der Waals surface area contributed by atoms with Crippen molar-refractivity contribution in [3.05, 3.63) is 35.4 Å². The van der Waals surface area contributed by atoms with Gasteiger partial charge in [0.25, 0.3) is 0 Å². The first-order valence-electron chi connectivity index (χ1n) is 7.43. The van der Waals surface area contributed by atoms with Crippen molar-refractivity contribution in [2.24, 2.45) is 0 Å². The first kappa shape index (κ1) is 15.9. The van der Waals surface area contributed by atoms with Crippen molar-refractivity contribution in [1.82, 2.24) is 4.90 Å². The van der Waals surface area contributed by atoms with Crippen LogP contribution in [0.3, 0.4) is 0 Å². The first-order valence-corrected chi connectivity index (χ1v) is 7.43. The Hall–Kier alpha value is -1.15. The molecule has 0 bridgehead atoms. The smallest absolute Gasteiger partial charge is 0.179 e. The van der Waals surface area contributed by atoms with Gasteiger partial charge in [0.15, 0.2) is 5.78 Å². The molecule has 2 atom stereocenters. The van der Waals surface area contributed by atoms with Gasteiger partial charge >= 0.3 is 0 Å². The summed E-state index contributed by atoms with van der Waals surface area (Å²) in [5.74, 6) is 0.227. The molecule has 2 unspecified atom stereocenters. The molecule has 19 heavy (non-hydrogen) atoms. The molecule has 1 aromatic rings. The lowest BCUT2D eigenvalue weighted by atomic mass is 10.0. The van der Waals surface area contributed by atoms with Gasteiger partial charge in [0.05, 0.1) is 6.04 Å². The Morgan fingerprint density at radius 2 is 1.68 bits per heavy atom. The fourth-order valence-electron chi connectivity index (χ4n) is 2.50. The zero-order chi connectivity index (χ0) is 14.4. The minimum absolute atomic E-state index is 0.0487. The minimum Gasteiger partial charge on any atom is -0.292 e. The number of hydrogen-bond donors (Lipinski definition) is 0. The minimum atomic E-state index is -0.0487. The third kappa shape index (κ3) is 3.90. The van der Waals surface area contributed by atoms with Crippen LogP contribution < -0.4 is 0 Å². The normalized spacial score (nSPS) is 14.4. The van der Waals surface area contributed by atoms with E-state index in [-0.39, 0.29) is 11.8 Å². The van der Waals surface area contributed by atoms with Crippen LogP contribution >= 0.6 is 0 Å². The summed E-state index contributed by atoms with van der Waals surface area (Å²) < 4.78 is 0. The Morgan fingerprint density at radius 3 is 2.11 bits per heavy atom. The fraction of sp³-hybridized carbons (Fsp3) is 0.588. The predicted molar refractivity (Wildman–Crippen MR) is 81.7 cm³/mol. The Balaban J connectivity index is 2.85. The number of nitrogens with zero attached hydrogens (tertiary/aromatic N) is 1. The third-order valence-electron chi connectivity index (χ3n) is 4.05. The van der Waals surface area contributed by atoms with Gasteiger partial charge in [-0.05, 0) is 38.8 Å². The highest BCUT2D eigenvalue weighted by Gasteiger charge is 2.24. The first-order chi connectivity index (χ1) is 9.04. The van der Waals surface area contributed by atoms with Gasteiger partial charge in [-0.25, -0.2) is 0 Å². The summed E-state index contributed by atoms with van der Waals surface area (Å²) in [6, 6.07) is 8.43. The number of ketones is 1. The zero-order valence-electron chi connectivity index (χ0n) is 12.9. The van der Waals surface area contributed by atoms with Gasteiger partial charge in [-0.3, -0.25) is 9.69 Å². The molecule has 2 nitrogen and oxygen atoms in total. The van der Waals surface area contributed by atoms with E-state index in [0.29, 0.717) is 6.04 Å². The van der Waals surface area contributed by atoms with Gasteiger partial charge in [-0.2, -0.15) is 0 Å². The Labute approximate surface area is 117 Å². The number of carbonyl (C=O) groups is 1. The molecule has 0 aromatic heterocycles. The quantitative estimate of drug-likeness (QED) is 0.693. The van der Waals surface area contributed by atoms with E-state index in [9.17, 15) is 4.79 Å². The van der Waals surface area contributed by atoms with Crippen LogP contribution in [0.5, 0.6) is 0 Å². The number of hydrogen-bond acceptors (Lipinski definition) is 2. The Kier molecular flexibility index (Phi) is 6.23. The maximum Gasteiger partial charge on any atom is 0.179 e. The van der Waals surface area contributed by atoms with Crippen LogP contribution in [0.2, 0.25) is 0 Å². The lowest BCUT2D eigenvalue weighted by Gasteiger charge is -2.32. The van der Waals surface area contributed by atoms with Crippen LogP contribution in [0.15, 0.2) is 24.3 Å². The van der Waals surface area contributed by atoms with E-state index in [1.165, 1.54) is 5.56 Å². The summed E-state index contributed by atoms with van der Waals surface area (Å²) in [6.07, 6.45) is 2.08. The second kappa shape index (κ2) is 7.44. The van der Waals surface area contributed by atoms with E-state index in [4.69, 9.17) is 0 Å². The molecule has 0 radical (unpaired) electrons. The van der Waals surface area contributed by atoms with Gasteiger partial charge in [0, 0.05) is 11.6 Å². The molecule has 0 heterocycles. The Bertz CT molecular complexity index is 396.